The number of piperidine rings is 1. The summed E-state index contributed by atoms with van der Waals surface area (Å²) in [5.74, 6) is 0.586. The number of nitrogens with one attached hydrogen (secondary N) is 1. The molecule has 0 saturated carbocycles. The van der Waals surface area contributed by atoms with E-state index >= 15 is 0 Å². The van der Waals surface area contributed by atoms with Crippen molar-refractivity contribution >= 4 is 5.69 Å². The highest BCUT2D eigenvalue weighted by atomic mass is 19.1. The Bertz CT molecular complexity index is 355. The fourth-order valence-electron chi connectivity index (χ4n) is 2.59. The van der Waals surface area contributed by atoms with Crippen LogP contribution in [0.15, 0.2) is 24.3 Å². The van der Waals surface area contributed by atoms with E-state index in [0.717, 1.165) is 31.2 Å². The molecule has 0 amide bonds. The number of halogens is 1. The van der Waals surface area contributed by atoms with Gasteiger partial charge in [0.2, 0.25) is 0 Å². The Morgan fingerprint density at radius 3 is 2.39 bits per heavy atom. The zero-order valence-electron chi connectivity index (χ0n) is 11.3. The van der Waals surface area contributed by atoms with Crippen LogP contribution in [0.5, 0.6) is 0 Å². The average molecular weight is 250 g/mol. The molecule has 0 spiro atoms. The van der Waals surface area contributed by atoms with Crippen molar-refractivity contribution in [3.05, 3.63) is 30.1 Å². The van der Waals surface area contributed by atoms with Gasteiger partial charge in [0.1, 0.15) is 5.82 Å². The van der Waals surface area contributed by atoms with Crippen LogP contribution in [0, 0.1) is 11.7 Å². The monoisotopic (exact) mass is 250 g/mol. The Labute approximate surface area is 109 Å². The molecule has 2 nitrogen and oxygen atoms in total. The molecule has 18 heavy (non-hydrogen) atoms. The first-order chi connectivity index (χ1) is 8.66. The lowest BCUT2D eigenvalue weighted by atomic mass is 9.96. The second-order valence-electron chi connectivity index (χ2n) is 5.42. The molecule has 0 aliphatic carbocycles. The molecule has 100 valence electrons. The predicted octanol–water partition coefficient (Wildman–Crippen LogP) is 3.04. The summed E-state index contributed by atoms with van der Waals surface area (Å²) in [7, 11) is 0. The van der Waals surface area contributed by atoms with Crippen molar-refractivity contribution in [1.29, 1.82) is 0 Å². The lowest BCUT2D eigenvalue weighted by molar-refractivity contribution is 0.368. The molecule has 0 unspecified atom stereocenters. The van der Waals surface area contributed by atoms with E-state index in [-0.39, 0.29) is 5.82 Å². The number of hydrogen-bond donors (Lipinski definition) is 1. The minimum Gasteiger partial charge on any atom is -0.369 e. The van der Waals surface area contributed by atoms with Gasteiger partial charge in [-0.3, -0.25) is 0 Å². The van der Waals surface area contributed by atoms with Crippen molar-refractivity contribution in [3.8, 4) is 0 Å². The van der Waals surface area contributed by atoms with E-state index in [2.05, 4.69) is 24.1 Å². The van der Waals surface area contributed by atoms with Gasteiger partial charge in [0.15, 0.2) is 0 Å². The highest BCUT2D eigenvalue weighted by Gasteiger charge is 2.19. The molecule has 1 aliphatic heterocycles. The molecular weight excluding hydrogens is 227 g/mol. The molecule has 1 aliphatic rings. The standard InChI is InChI=1S/C15H23FN2/c1-12(2)18(11-13-7-9-17-10-8-13)15-5-3-14(16)4-6-15/h3-6,12-13,17H,7-11H2,1-2H3. The molecule has 3 heteroatoms. The van der Waals surface area contributed by atoms with Crippen LogP contribution in [0.4, 0.5) is 10.1 Å². The highest BCUT2D eigenvalue weighted by Crippen LogP contribution is 2.22. The first-order valence-corrected chi connectivity index (χ1v) is 6.89. The van der Waals surface area contributed by atoms with Crippen molar-refractivity contribution in [2.24, 2.45) is 5.92 Å². The predicted molar refractivity (Wildman–Crippen MR) is 74.5 cm³/mol. The molecule has 1 heterocycles. The second kappa shape index (κ2) is 6.19. The number of anilines is 1. The maximum atomic E-state index is 13.0. The van der Waals surface area contributed by atoms with Gasteiger partial charge in [-0.2, -0.15) is 0 Å². The molecule has 1 fully saturated rings. The fraction of sp³-hybridized carbons (Fsp3) is 0.600. The van der Waals surface area contributed by atoms with Crippen molar-refractivity contribution in [2.75, 3.05) is 24.5 Å². The van der Waals surface area contributed by atoms with Crippen molar-refractivity contribution < 1.29 is 4.39 Å². The second-order valence-corrected chi connectivity index (χ2v) is 5.42. The summed E-state index contributed by atoms with van der Waals surface area (Å²) < 4.78 is 13.0. The Balaban J connectivity index is 2.05. The molecule has 1 aromatic carbocycles. The van der Waals surface area contributed by atoms with Gasteiger partial charge < -0.3 is 10.2 Å². The van der Waals surface area contributed by atoms with Gasteiger partial charge in [0, 0.05) is 18.3 Å². The largest absolute Gasteiger partial charge is 0.369 e. The lowest BCUT2D eigenvalue weighted by Gasteiger charge is -2.34. The summed E-state index contributed by atoms with van der Waals surface area (Å²) in [5.41, 5.74) is 1.13. The highest BCUT2D eigenvalue weighted by molar-refractivity contribution is 5.47. The molecule has 1 saturated heterocycles. The zero-order chi connectivity index (χ0) is 13.0. The van der Waals surface area contributed by atoms with Crippen molar-refractivity contribution in [2.45, 2.75) is 32.7 Å². The molecule has 0 atom stereocenters. The molecular formula is C15H23FN2. The zero-order valence-corrected chi connectivity index (χ0v) is 11.3. The first kappa shape index (κ1) is 13.3. The van der Waals surface area contributed by atoms with E-state index in [0.29, 0.717) is 6.04 Å². The van der Waals surface area contributed by atoms with Crippen molar-refractivity contribution in [1.82, 2.24) is 5.32 Å². The van der Waals surface area contributed by atoms with E-state index in [1.165, 1.54) is 12.8 Å². The van der Waals surface area contributed by atoms with Crippen LogP contribution in [0.3, 0.4) is 0 Å². The third kappa shape index (κ3) is 3.45. The summed E-state index contributed by atoms with van der Waals surface area (Å²) in [5, 5.41) is 3.40. The van der Waals surface area contributed by atoms with Gasteiger partial charge in [-0.1, -0.05) is 0 Å². The lowest BCUT2D eigenvalue weighted by Crippen LogP contribution is -2.39. The van der Waals surface area contributed by atoms with Gasteiger partial charge in [0.05, 0.1) is 0 Å². The summed E-state index contributed by atoms with van der Waals surface area (Å²) in [6.45, 7) is 7.72. The van der Waals surface area contributed by atoms with Crippen LogP contribution in [-0.2, 0) is 0 Å². The average Bonchev–Trinajstić information content (AvgIpc) is 2.38. The van der Waals surface area contributed by atoms with Gasteiger partial charge in [-0.05, 0) is 70.0 Å². The fourth-order valence-corrected chi connectivity index (χ4v) is 2.59. The van der Waals surface area contributed by atoms with E-state index < -0.39 is 0 Å². The number of benzene rings is 1. The molecule has 0 bridgehead atoms. The van der Waals surface area contributed by atoms with E-state index in [9.17, 15) is 4.39 Å². The van der Waals surface area contributed by atoms with E-state index in [1.54, 1.807) is 12.1 Å². The Morgan fingerprint density at radius 1 is 1.22 bits per heavy atom. The van der Waals surface area contributed by atoms with Crippen LogP contribution in [-0.4, -0.2) is 25.7 Å². The van der Waals surface area contributed by atoms with Crippen LogP contribution < -0.4 is 10.2 Å². The molecule has 2 rings (SSSR count). The number of hydrogen-bond acceptors (Lipinski definition) is 2. The quantitative estimate of drug-likeness (QED) is 0.883. The molecule has 1 aromatic rings. The summed E-state index contributed by atoms with van der Waals surface area (Å²) in [6.07, 6.45) is 2.48. The molecule has 1 N–H and O–H groups in total. The van der Waals surface area contributed by atoms with Crippen LogP contribution in [0.1, 0.15) is 26.7 Å². The minimum absolute atomic E-state index is 0.163. The minimum atomic E-state index is -0.163. The van der Waals surface area contributed by atoms with E-state index in [1.807, 2.05) is 12.1 Å². The van der Waals surface area contributed by atoms with Crippen molar-refractivity contribution in [3.63, 3.8) is 0 Å². The first-order valence-electron chi connectivity index (χ1n) is 6.89. The third-order valence-corrected chi connectivity index (χ3v) is 3.70. The SMILES string of the molecule is CC(C)N(CC1CCNCC1)c1ccc(F)cc1. The summed E-state index contributed by atoms with van der Waals surface area (Å²) >= 11 is 0. The van der Waals surface area contributed by atoms with Gasteiger partial charge in [-0.25, -0.2) is 4.39 Å². The normalized spacial score (nSPS) is 17.1. The van der Waals surface area contributed by atoms with Gasteiger partial charge in [0.25, 0.3) is 0 Å². The molecule has 0 aromatic heterocycles. The van der Waals surface area contributed by atoms with Crippen LogP contribution in [0.2, 0.25) is 0 Å². The Morgan fingerprint density at radius 2 is 1.83 bits per heavy atom. The van der Waals surface area contributed by atoms with Gasteiger partial charge >= 0.3 is 0 Å². The summed E-state index contributed by atoms with van der Waals surface area (Å²) in [6, 6.07) is 7.32. The number of nitrogens with zero attached hydrogens (tertiary/aromatic N) is 1. The van der Waals surface area contributed by atoms with Gasteiger partial charge in [-0.15, -0.1) is 0 Å². The smallest absolute Gasteiger partial charge is 0.123 e. The Hall–Kier alpha value is -1.09. The number of rotatable bonds is 4. The van der Waals surface area contributed by atoms with Crippen LogP contribution in [0.25, 0.3) is 0 Å². The topological polar surface area (TPSA) is 15.3 Å². The Kier molecular flexibility index (Phi) is 4.59. The maximum absolute atomic E-state index is 13.0. The third-order valence-electron chi connectivity index (χ3n) is 3.70. The summed E-state index contributed by atoms with van der Waals surface area (Å²) in [4.78, 5) is 2.38. The molecule has 0 radical (unpaired) electrons. The maximum Gasteiger partial charge on any atom is 0.123 e. The van der Waals surface area contributed by atoms with E-state index in [4.69, 9.17) is 0 Å². The van der Waals surface area contributed by atoms with Crippen LogP contribution >= 0.6 is 0 Å².